The summed E-state index contributed by atoms with van der Waals surface area (Å²) in [4.78, 5) is 28.5. The van der Waals surface area contributed by atoms with E-state index in [1.54, 1.807) is 17.4 Å². The van der Waals surface area contributed by atoms with Crippen molar-refractivity contribution in [2.24, 2.45) is 0 Å². The van der Waals surface area contributed by atoms with Crippen molar-refractivity contribution in [2.45, 2.75) is 19.3 Å². The van der Waals surface area contributed by atoms with Crippen molar-refractivity contribution in [1.29, 1.82) is 0 Å². The van der Waals surface area contributed by atoms with Gasteiger partial charge in [-0.25, -0.2) is 0 Å². The molecule has 6 rings (SSSR count). The maximum Gasteiger partial charge on any atom is 0.197 e. The van der Waals surface area contributed by atoms with Crippen LogP contribution in [0.25, 0.3) is 16.8 Å². The van der Waals surface area contributed by atoms with E-state index in [1.165, 1.54) is 16.1 Å². The minimum atomic E-state index is -0.190. The van der Waals surface area contributed by atoms with Crippen LogP contribution in [-0.2, 0) is 5.41 Å². The maximum absolute atomic E-state index is 13.2. The zero-order valence-corrected chi connectivity index (χ0v) is 18.9. The van der Waals surface area contributed by atoms with Gasteiger partial charge in [-0.1, -0.05) is 44.2 Å². The molecule has 0 unspecified atom stereocenters. The van der Waals surface area contributed by atoms with Crippen LogP contribution in [0.2, 0.25) is 0 Å². The topological polar surface area (TPSA) is 37.4 Å². The number of fused-ring (bicyclic) bond motifs is 4. The van der Waals surface area contributed by atoms with Crippen molar-refractivity contribution in [3.05, 3.63) is 99.4 Å². The molecule has 156 valence electrons. The Bertz CT molecular complexity index is 1450. The predicted molar refractivity (Wildman–Crippen MR) is 132 cm³/mol. The number of Topliss-reactive ketones (excluding diaryl/α,β-unsaturated/α-hetero) is 2. The van der Waals surface area contributed by atoms with Gasteiger partial charge in [-0.05, 0) is 69.3 Å². The number of carbonyl (C=O) groups is 2. The zero-order valence-electron chi connectivity index (χ0n) is 18.1. The molecule has 0 spiro atoms. The smallest absolute Gasteiger partial charge is 0.197 e. The Hall–Kier alpha value is -3.50. The van der Waals surface area contributed by atoms with Crippen LogP contribution in [0.5, 0.6) is 0 Å². The fourth-order valence-electron chi connectivity index (χ4n) is 5.03. The Kier molecular flexibility index (Phi) is 3.90. The number of carbonyl (C=O) groups excluding carboxylic acids is 2. The lowest BCUT2D eigenvalue weighted by Gasteiger charge is -2.38. The lowest BCUT2D eigenvalue weighted by Crippen LogP contribution is -2.29. The first-order valence-corrected chi connectivity index (χ1v) is 11.5. The minimum Gasteiger partial charge on any atom is -0.336 e. The van der Waals surface area contributed by atoms with Gasteiger partial charge in [0.2, 0.25) is 0 Å². The molecule has 0 atom stereocenters. The van der Waals surface area contributed by atoms with E-state index in [9.17, 15) is 9.59 Å². The highest BCUT2D eigenvalue weighted by Crippen LogP contribution is 2.50. The summed E-state index contributed by atoms with van der Waals surface area (Å²) in [5.41, 5.74) is 5.62. The monoisotopic (exact) mass is 435 g/mol. The molecule has 3 aromatic carbocycles. The first-order chi connectivity index (χ1) is 15.4. The first kappa shape index (κ1) is 19.2. The SMILES string of the molecule is CN1c2ccc(C=C3C(=O)c4cc5ccccc5cc4C3=O)cc2C(C)(C)c2ccsc21. The minimum absolute atomic E-state index is 0.157. The fraction of sp³-hybridized carbons (Fsp3) is 0.143. The molecule has 0 radical (unpaired) electrons. The van der Waals surface area contributed by atoms with Crippen molar-refractivity contribution in [1.82, 2.24) is 0 Å². The first-order valence-electron chi connectivity index (χ1n) is 10.7. The molecule has 2 aliphatic rings. The molecule has 0 fully saturated rings. The molecule has 3 nitrogen and oxygen atoms in total. The van der Waals surface area contributed by atoms with Crippen LogP contribution in [0, 0.1) is 0 Å². The number of hydrogen-bond donors (Lipinski definition) is 0. The van der Waals surface area contributed by atoms with Crippen molar-refractivity contribution in [2.75, 3.05) is 11.9 Å². The van der Waals surface area contributed by atoms with Gasteiger partial charge in [0.25, 0.3) is 0 Å². The van der Waals surface area contributed by atoms with E-state index in [4.69, 9.17) is 0 Å². The number of thiophene rings is 1. The highest BCUT2D eigenvalue weighted by molar-refractivity contribution is 7.14. The molecular weight excluding hydrogens is 414 g/mol. The molecule has 2 heterocycles. The van der Waals surface area contributed by atoms with Crippen LogP contribution in [-0.4, -0.2) is 18.6 Å². The van der Waals surface area contributed by atoms with Gasteiger partial charge in [0, 0.05) is 29.3 Å². The zero-order chi connectivity index (χ0) is 22.2. The van der Waals surface area contributed by atoms with Crippen LogP contribution < -0.4 is 4.90 Å². The van der Waals surface area contributed by atoms with Gasteiger partial charge in [0.15, 0.2) is 11.6 Å². The third-order valence-electron chi connectivity index (χ3n) is 6.85. The van der Waals surface area contributed by atoms with Crippen LogP contribution in [0.15, 0.2) is 71.6 Å². The summed E-state index contributed by atoms with van der Waals surface area (Å²) in [5, 5.41) is 5.34. The lowest BCUT2D eigenvalue weighted by atomic mass is 9.75. The molecule has 1 aliphatic carbocycles. The Morgan fingerprint density at radius 1 is 0.844 bits per heavy atom. The molecule has 0 saturated heterocycles. The quantitative estimate of drug-likeness (QED) is 0.244. The molecule has 1 aromatic heterocycles. The van der Waals surface area contributed by atoms with Gasteiger partial charge in [-0.15, -0.1) is 11.3 Å². The average molecular weight is 436 g/mol. The molecular formula is C28H21NO2S. The number of benzene rings is 3. The molecule has 1 aliphatic heterocycles. The molecule has 0 saturated carbocycles. The second-order valence-electron chi connectivity index (χ2n) is 9.06. The maximum atomic E-state index is 13.2. The molecule has 4 heteroatoms. The van der Waals surface area contributed by atoms with E-state index in [0.717, 1.165) is 22.0 Å². The normalized spacial score (nSPS) is 16.2. The van der Waals surface area contributed by atoms with Gasteiger partial charge in [-0.3, -0.25) is 9.59 Å². The third-order valence-corrected chi connectivity index (χ3v) is 7.84. The summed E-state index contributed by atoms with van der Waals surface area (Å²) >= 11 is 1.75. The second kappa shape index (κ2) is 6.50. The fourth-order valence-corrected chi connectivity index (χ4v) is 6.07. The summed E-state index contributed by atoms with van der Waals surface area (Å²) < 4.78 is 0. The number of allylic oxidation sites excluding steroid dienone is 1. The summed E-state index contributed by atoms with van der Waals surface area (Å²) in [6.45, 7) is 4.46. The lowest BCUT2D eigenvalue weighted by molar-refractivity contribution is 0.0990. The molecule has 32 heavy (non-hydrogen) atoms. The predicted octanol–water partition coefficient (Wildman–Crippen LogP) is 6.77. The summed E-state index contributed by atoms with van der Waals surface area (Å²) in [6, 6.07) is 19.9. The van der Waals surface area contributed by atoms with Crippen molar-refractivity contribution in [3.63, 3.8) is 0 Å². The van der Waals surface area contributed by atoms with Crippen LogP contribution in [0.1, 0.15) is 51.3 Å². The Morgan fingerprint density at radius 2 is 1.50 bits per heavy atom. The standard InChI is InChI=1S/C28H21NO2S/c1-28(2)22-10-11-32-27(22)29(3)24-9-8-16(13-23(24)28)12-21-25(30)19-14-17-6-4-5-7-18(17)15-20(19)26(21)31/h4-15H,1-3H3. The molecule has 4 aromatic rings. The van der Waals surface area contributed by atoms with Gasteiger partial charge in [0.05, 0.1) is 10.6 Å². The Labute approximate surface area is 190 Å². The van der Waals surface area contributed by atoms with Crippen LogP contribution in [0.3, 0.4) is 0 Å². The highest BCUT2D eigenvalue weighted by atomic mass is 32.1. The average Bonchev–Trinajstić information content (AvgIpc) is 3.38. The third kappa shape index (κ3) is 2.53. The Morgan fingerprint density at radius 3 is 2.16 bits per heavy atom. The van der Waals surface area contributed by atoms with E-state index >= 15 is 0 Å². The molecule has 0 N–H and O–H groups in total. The number of hydrogen-bond acceptors (Lipinski definition) is 4. The largest absolute Gasteiger partial charge is 0.336 e. The van der Waals surface area contributed by atoms with Gasteiger partial charge in [-0.2, -0.15) is 0 Å². The summed E-state index contributed by atoms with van der Waals surface area (Å²) in [6.07, 6.45) is 1.76. The number of anilines is 2. The molecule has 0 bridgehead atoms. The van der Waals surface area contributed by atoms with Gasteiger partial charge in [0.1, 0.15) is 0 Å². The van der Waals surface area contributed by atoms with E-state index < -0.39 is 0 Å². The summed E-state index contributed by atoms with van der Waals surface area (Å²) in [5.74, 6) is -0.380. The second-order valence-corrected chi connectivity index (χ2v) is 9.96. The number of ketones is 2. The number of nitrogens with zero attached hydrogens (tertiary/aromatic N) is 1. The highest BCUT2D eigenvalue weighted by Gasteiger charge is 2.37. The van der Waals surface area contributed by atoms with Gasteiger partial charge >= 0.3 is 0 Å². The summed E-state index contributed by atoms with van der Waals surface area (Å²) in [7, 11) is 2.09. The van der Waals surface area contributed by atoms with Crippen molar-refractivity contribution < 1.29 is 9.59 Å². The van der Waals surface area contributed by atoms with Crippen molar-refractivity contribution >= 4 is 50.4 Å². The Balaban J connectivity index is 1.46. The molecule has 0 amide bonds. The van der Waals surface area contributed by atoms with Crippen LogP contribution >= 0.6 is 11.3 Å². The van der Waals surface area contributed by atoms with Gasteiger partial charge < -0.3 is 4.90 Å². The van der Waals surface area contributed by atoms with Crippen LogP contribution in [0.4, 0.5) is 10.7 Å². The van der Waals surface area contributed by atoms with E-state index in [-0.39, 0.29) is 22.6 Å². The van der Waals surface area contributed by atoms with Crippen molar-refractivity contribution in [3.8, 4) is 0 Å². The van der Waals surface area contributed by atoms with E-state index in [0.29, 0.717) is 11.1 Å². The number of rotatable bonds is 1. The van der Waals surface area contributed by atoms with E-state index in [1.807, 2.05) is 42.5 Å². The van der Waals surface area contributed by atoms with E-state index in [2.05, 4.69) is 49.4 Å².